The third kappa shape index (κ3) is 6.49. The second kappa shape index (κ2) is 11.0. The molecule has 0 aliphatic heterocycles. The molecule has 0 aliphatic rings. The number of carbonyl (C=O) groups is 1. The molecule has 0 heterocycles. The fourth-order valence-electron chi connectivity index (χ4n) is 3.07. The van der Waals surface area contributed by atoms with Crippen LogP contribution in [0.3, 0.4) is 0 Å². The Kier molecular flexibility index (Phi) is 8.14. The van der Waals surface area contributed by atoms with Crippen LogP contribution in [0.1, 0.15) is 28.4 Å². The maximum absolute atomic E-state index is 12.4. The van der Waals surface area contributed by atoms with Crippen molar-refractivity contribution in [1.29, 1.82) is 0 Å². The van der Waals surface area contributed by atoms with E-state index in [1.807, 2.05) is 0 Å². The minimum atomic E-state index is -3.60. The second-order valence-corrected chi connectivity index (χ2v) is 9.58. The van der Waals surface area contributed by atoms with Gasteiger partial charge in [-0.15, -0.1) is 0 Å². The van der Waals surface area contributed by atoms with Crippen LogP contribution in [0.5, 0.6) is 11.5 Å². The van der Waals surface area contributed by atoms with E-state index in [0.29, 0.717) is 39.8 Å². The number of benzene rings is 3. The summed E-state index contributed by atoms with van der Waals surface area (Å²) < 4.78 is 31.3. The fraction of sp³-hybridized carbons (Fsp3) is 0.167. The number of nitrogens with zero attached hydrogens (tertiary/aromatic N) is 2. The monoisotopic (exact) mass is 501 g/mol. The van der Waals surface area contributed by atoms with E-state index in [-0.39, 0.29) is 12.3 Å². The molecule has 2 N–H and O–H groups in total. The Hall–Kier alpha value is -3.56. The van der Waals surface area contributed by atoms with E-state index >= 15 is 0 Å². The summed E-state index contributed by atoms with van der Waals surface area (Å²) in [7, 11) is -3.60. The van der Waals surface area contributed by atoms with E-state index in [0.717, 1.165) is 6.26 Å². The number of phenolic OH excluding ortho intramolecular Hbond substituents is 1. The van der Waals surface area contributed by atoms with Crippen LogP contribution in [0, 0.1) is 0 Å². The van der Waals surface area contributed by atoms with E-state index in [1.54, 1.807) is 55.5 Å². The van der Waals surface area contributed by atoms with Gasteiger partial charge in [0.05, 0.1) is 31.3 Å². The number of carbonyl (C=O) groups excluding carboxylic acids is 1. The lowest BCUT2D eigenvalue weighted by Gasteiger charge is -2.23. The SMILES string of the molecule is CCOc1cc(/C=N\NC(=O)c2ccc(N(Cc3ccccc3Cl)S(C)(=O)=O)cc2)ccc1O. The first kappa shape index (κ1) is 25.1. The number of ether oxygens (including phenoxy) is 1. The highest BCUT2D eigenvalue weighted by Crippen LogP contribution is 2.26. The van der Waals surface area contributed by atoms with Gasteiger partial charge < -0.3 is 9.84 Å². The molecule has 8 nitrogen and oxygen atoms in total. The van der Waals surface area contributed by atoms with Gasteiger partial charge in [-0.25, -0.2) is 13.8 Å². The lowest BCUT2D eigenvalue weighted by Crippen LogP contribution is -2.29. The Balaban J connectivity index is 1.71. The highest BCUT2D eigenvalue weighted by molar-refractivity contribution is 7.92. The van der Waals surface area contributed by atoms with Crippen LogP contribution < -0.4 is 14.5 Å². The zero-order chi connectivity index (χ0) is 24.7. The van der Waals surface area contributed by atoms with E-state index < -0.39 is 15.9 Å². The van der Waals surface area contributed by atoms with Crippen LogP contribution >= 0.6 is 11.6 Å². The van der Waals surface area contributed by atoms with Gasteiger partial charge in [-0.05, 0) is 66.6 Å². The number of hydrogen-bond acceptors (Lipinski definition) is 6. The summed E-state index contributed by atoms with van der Waals surface area (Å²) in [5.74, 6) is -0.134. The second-order valence-electron chi connectivity index (χ2n) is 7.27. The number of hydrazone groups is 1. The fourth-order valence-corrected chi connectivity index (χ4v) is 4.15. The minimum absolute atomic E-state index is 0.0146. The van der Waals surface area contributed by atoms with Crippen LogP contribution in [-0.4, -0.2) is 38.5 Å². The van der Waals surface area contributed by atoms with Crippen molar-refractivity contribution in [3.8, 4) is 11.5 Å². The van der Waals surface area contributed by atoms with Crippen LogP contribution in [-0.2, 0) is 16.6 Å². The molecule has 3 aromatic carbocycles. The summed E-state index contributed by atoms with van der Waals surface area (Å²) in [5, 5.41) is 14.1. The first-order chi connectivity index (χ1) is 16.2. The molecule has 0 aromatic heterocycles. The molecule has 0 bridgehead atoms. The average molecular weight is 502 g/mol. The smallest absolute Gasteiger partial charge is 0.271 e. The predicted molar refractivity (Wildman–Crippen MR) is 133 cm³/mol. The Bertz CT molecular complexity index is 1290. The van der Waals surface area contributed by atoms with Crippen LogP contribution in [0.15, 0.2) is 71.8 Å². The molecule has 178 valence electrons. The number of rotatable bonds is 9. The van der Waals surface area contributed by atoms with Gasteiger partial charge in [0.2, 0.25) is 10.0 Å². The summed E-state index contributed by atoms with van der Waals surface area (Å²) in [6, 6.07) is 17.8. The first-order valence-corrected chi connectivity index (χ1v) is 12.5. The minimum Gasteiger partial charge on any atom is -0.504 e. The topological polar surface area (TPSA) is 108 Å². The van der Waals surface area contributed by atoms with Crippen molar-refractivity contribution in [2.75, 3.05) is 17.2 Å². The molecule has 3 rings (SSSR count). The Morgan fingerprint density at radius 2 is 1.85 bits per heavy atom. The summed E-state index contributed by atoms with van der Waals surface area (Å²) in [6.07, 6.45) is 2.53. The number of aromatic hydroxyl groups is 1. The molecule has 0 atom stereocenters. The zero-order valence-electron chi connectivity index (χ0n) is 18.6. The Morgan fingerprint density at radius 3 is 2.50 bits per heavy atom. The molecule has 0 spiro atoms. The molecule has 34 heavy (non-hydrogen) atoms. The molecule has 0 aliphatic carbocycles. The molecule has 0 fully saturated rings. The van der Waals surface area contributed by atoms with E-state index in [9.17, 15) is 18.3 Å². The van der Waals surface area contributed by atoms with Crippen molar-refractivity contribution in [2.24, 2.45) is 5.10 Å². The molecule has 0 radical (unpaired) electrons. The average Bonchev–Trinajstić information content (AvgIpc) is 2.80. The van der Waals surface area contributed by atoms with Gasteiger partial charge in [-0.2, -0.15) is 5.10 Å². The third-order valence-electron chi connectivity index (χ3n) is 4.75. The maximum Gasteiger partial charge on any atom is 0.271 e. The first-order valence-electron chi connectivity index (χ1n) is 10.3. The molecule has 0 unspecified atom stereocenters. The lowest BCUT2D eigenvalue weighted by molar-refractivity contribution is 0.0955. The maximum atomic E-state index is 12.4. The number of amides is 1. The number of anilines is 1. The number of nitrogens with one attached hydrogen (secondary N) is 1. The molecule has 10 heteroatoms. The molecule has 0 saturated carbocycles. The highest BCUT2D eigenvalue weighted by atomic mass is 35.5. The quantitative estimate of drug-likeness (QED) is 0.338. The Labute approximate surface area is 203 Å². The molecule has 0 saturated heterocycles. The van der Waals surface area contributed by atoms with E-state index in [1.165, 1.54) is 28.7 Å². The predicted octanol–water partition coefficient (Wildman–Crippen LogP) is 4.17. The summed E-state index contributed by atoms with van der Waals surface area (Å²) in [6.45, 7) is 2.26. The number of halogens is 1. The molecule has 3 aromatic rings. The summed E-state index contributed by atoms with van der Waals surface area (Å²) in [5.41, 5.74) is 4.40. The normalized spacial score (nSPS) is 11.4. The van der Waals surface area contributed by atoms with Crippen molar-refractivity contribution in [2.45, 2.75) is 13.5 Å². The summed E-state index contributed by atoms with van der Waals surface area (Å²) in [4.78, 5) is 12.4. The van der Waals surface area contributed by atoms with Crippen LogP contribution in [0.2, 0.25) is 5.02 Å². The van der Waals surface area contributed by atoms with Crippen molar-refractivity contribution in [3.63, 3.8) is 0 Å². The van der Waals surface area contributed by atoms with Gasteiger partial charge in [-0.1, -0.05) is 29.8 Å². The molecule has 1 amide bonds. The summed E-state index contributed by atoms with van der Waals surface area (Å²) >= 11 is 6.19. The van der Waals surface area contributed by atoms with Gasteiger partial charge in [0.15, 0.2) is 11.5 Å². The van der Waals surface area contributed by atoms with Gasteiger partial charge in [-0.3, -0.25) is 9.10 Å². The zero-order valence-corrected chi connectivity index (χ0v) is 20.2. The van der Waals surface area contributed by atoms with Gasteiger partial charge in [0.25, 0.3) is 5.91 Å². The van der Waals surface area contributed by atoms with Crippen molar-refractivity contribution in [3.05, 3.63) is 88.4 Å². The van der Waals surface area contributed by atoms with Crippen molar-refractivity contribution < 1.29 is 23.1 Å². The highest BCUT2D eigenvalue weighted by Gasteiger charge is 2.19. The van der Waals surface area contributed by atoms with Crippen LogP contribution in [0.25, 0.3) is 0 Å². The third-order valence-corrected chi connectivity index (χ3v) is 6.26. The largest absolute Gasteiger partial charge is 0.504 e. The van der Waals surface area contributed by atoms with Gasteiger partial charge >= 0.3 is 0 Å². The van der Waals surface area contributed by atoms with E-state index in [4.69, 9.17) is 16.3 Å². The van der Waals surface area contributed by atoms with Crippen LogP contribution in [0.4, 0.5) is 5.69 Å². The number of hydrogen-bond donors (Lipinski definition) is 2. The lowest BCUT2D eigenvalue weighted by atomic mass is 10.2. The Morgan fingerprint density at radius 1 is 1.15 bits per heavy atom. The van der Waals surface area contributed by atoms with E-state index in [2.05, 4.69) is 10.5 Å². The van der Waals surface area contributed by atoms with Gasteiger partial charge in [0, 0.05) is 10.6 Å². The standard InChI is InChI=1S/C24H24ClN3O5S/c1-3-33-23-14-17(8-13-22(23)29)15-26-27-24(30)18-9-11-20(12-10-18)28(34(2,31)32)16-19-6-4-5-7-21(19)25/h4-15,29H,3,16H2,1-2H3,(H,27,30)/b26-15-. The number of phenols is 1. The molecular weight excluding hydrogens is 478 g/mol. The van der Waals surface area contributed by atoms with Crippen molar-refractivity contribution >= 4 is 39.4 Å². The van der Waals surface area contributed by atoms with Crippen molar-refractivity contribution in [1.82, 2.24) is 5.43 Å². The molecular formula is C24H24ClN3O5S. The number of sulfonamides is 1. The van der Waals surface area contributed by atoms with Gasteiger partial charge in [0.1, 0.15) is 0 Å².